The van der Waals surface area contributed by atoms with E-state index in [4.69, 9.17) is 0 Å². The molecule has 2 aromatic heterocycles. The maximum Gasteiger partial charge on any atom is 0.414 e. The van der Waals surface area contributed by atoms with E-state index in [-0.39, 0.29) is 17.5 Å². The third-order valence-corrected chi connectivity index (χ3v) is 2.41. The predicted octanol–water partition coefficient (Wildman–Crippen LogP) is 0.883. The molecular weight excluding hydrogens is 266 g/mol. The van der Waals surface area contributed by atoms with Crippen LogP contribution in [0.1, 0.15) is 26.5 Å². The van der Waals surface area contributed by atoms with Crippen LogP contribution >= 0.6 is 0 Å². The van der Waals surface area contributed by atoms with Crippen LogP contribution in [0.2, 0.25) is 0 Å². The van der Waals surface area contributed by atoms with Gasteiger partial charge in [-0.1, -0.05) is 26.0 Å². The topological polar surface area (TPSA) is 122 Å². The Bertz CT molecular complexity index is 638. The van der Waals surface area contributed by atoms with E-state index < -0.39 is 16.8 Å². The van der Waals surface area contributed by atoms with Crippen LogP contribution in [0.15, 0.2) is 12.4 Å². The van der Waals surface area contributed by atoms with Gasteiger partial charge in [0.2, 0.25) is 0 Å². The average Bonchev–Trinajstić information content (AvgIpc) is 2.94. The van der Waals surface area contributed by atoms with Crippen molar-refractivity contribution < 1.29 is 9.72 Å². The minimum absolute atomic E-state index is 0.142. The molecule has 2 rings (SSSR count). The summed E-state index contributed by atoms with van der Waals surface area (Å²) in [5, 5.41) is 25.1. The highest BCUT2D eigenvalue weighted by Crippen LogP contribution is 2.25. The number of hydrogen-bond donors (Lipinski definition) is 0. The van der Waals surface area contributed by atoms with Gasteiger partial charge in [0.05, 0.1) is 17.6 Å². The van der Waals surface area contributed by atoms with E-state index in [0.29, 0.717) is 0 Å². The van der Waals surface area contributed by atoms with Crippen LogP contribution in [-0.2, 0) is 6.42 Å². The van der Waals surface area contributed by atoms with Gasteiger partial charge in [-0.15, -0.1) is 9.78 Å². The second-order valence-corrected chi connectivity index (χ2v) is 5.40. The second-order valence-electron chi connectivity index (χ2n) is 5.40. The van der Waals surface area contributed by atoms with Crippen molar-refractivity contribution in [2.75, 3.05) is 0 Å². The zero-order valence-electron chi connectivity index (χ0n) is 11.2. The van der Waals surface area contributed by atoms with Crippen molar-refractivity contribution in [2.45, 2.75) is 27.2 Å². The Hall–Kier alpha value is -2.65. The fourth-order valence-electron chi connectivity index (χ4n) is 1.65. The van der Waals surface area contributed by atoms with Crippen molar-refractivity contribution in [1.29, 1.82) is 0 Å². The fourth-order valence-corrected chi connectivity index (χ4v) is 1.65. The highest BCUT2D eigenvalue weighted by Gasteiger charge is 2.31. The lowest BCUT2D eigenvalue weighted by Crippen LogP contribution is -2.25. The summed E-state index contributed by atoms with van der Waals surface area (Å²) in [5.74, 6) is -0.423. The Labute approximate surface area is 113 Å². The van der Waals surface area contributed by atoms with Crippen LogP contribution in [0.3, 0.4) is 0 Å². The van der Waals surface area contributed by atoms with E-state index >= 15 is 0 Å². The van der Waals surface area contributed by atoms with E-state index in [9.17, 15) is 14.9 Å². The molecule has 2 heterocycles. The highest BCUT2D eigenvalue weighted by atomic mass is 16.6. The van der Waals surface area contributed by atoms with Gasteiger partial charge in [-0.05, 0) is 10.3 Å². The van der Waals surface area contributed by atoms with Gasteiger partial charge in [0, 0.05) is 6.42 Å². The van der Waals surface area contributed by atoms with Crippen molar-refractivity contribution in [3.8, 4) is 0 Å². The van der Waals surface area contributed by atoms with Crippen molar-refractivity contribution in [1.82, 2.24) is 30.0 Å². The van der Waals surface area contributed by atoms with Crippen molar-refractivity contribution in [3.05, 3.63) is 28.2 Å². The molecule has 0 bridgehead atoms. The first-order chi connectivity index (χ1) is 9.29. The Morgan fingerprint density at radius 2 is 2.10 bits per heavy atom. The Morgan fingerprint density at radius 3 is 2.60 bits per heavy atom. The Balaban J connectivity index is 2.48. The van der Waals surface area contributed by atoms with Gasteiger partial charge in [-0.25, -0.2) is 4.79 Å². The largest absolute Gasteiger partial charge is 0.414 e. The Morgan fingerprint density at radius 1 is 1.40 bits per heavy atom. The number of rotatable bonds is 2. The third-order valence-electron chi connectivity index (χ3n) is 2.41. The lowest BCUT2D eigenvalue weighted by atomic mass is 9.90. The number of hydrogen-bond acceptors (Lipinski definition) is 7. The van der Waals surface area contributed by atoms with Gasteiger partial charge in [0.25, 0.3) is 0 Å². The lowest BCUT2D eigenvalue weighted by Gasteiger charge is -2.16. The van der Waals surface area contributed by atoms with Crippen LogP contribution in [0.5, 0.6) is 0 Å². The summed E-state index contributed by atoms with van der Waals surface area (Å²) >= 11 is 0. The number of carbonyl (C=O) groups excluding carboxylic acids is 1. The summed E-state index contributed by atoms with van der Waals surface area (Å²) in [4.78, 5) is 22.5. The maximum atomic E-state index is 12.1. The second kappa shape index (κ2) is 4.79. The molecule has 0 fully saturated rings. The number of carbonyl (C=O) groups is 1. The van der Waals surface area contributed by atoms with E-state index in [1.807, 2.05) is 20.8 Å². The molecule has 0 spiro atoms. The molecule has 0 unspecified atom stereocenters. The van der Waals surface area contributed by atoms with Crippen LogP contribution < -0.4 is 0 Å². The summed E-state index contributed by atoms with van der Waals surface area (Å²) in [6.07, 6.45) is 2.93. The first kappa shape index (κ1) is 13.8. The fraction of sp³-hybridized carbons (Fsp3) is 0.500. The number of nitrogens with zero attached hydrogens (tertiary/aromatic N) is 7. The Kier molecular flexibility index (Phi) is 3.30. The van der Waals surface area contributed by atoms with E-state index in [2.05, 4.69) is 20.6 Å². The summed E-state index contributed by atoms with van der Waals surface area (Å²) in [6.45, 7) is 5.69. The molecule has 0 atom stereocenters. The zero-order chi connectivity index (χ0) is 14.9. The minimum atomic E-state index is -0.664. The molecule has 0 saturated carbocycles. The van der Waals surface area contributed by atoms with Gasteiger partial charge in [0.1, 0.15) is 5.10 Å². The molecule has 10 heteroatoms. The van der Waals surface area contributed by atoms with Gasteiger partial charge < -0.3 is 10.1 Å². The van der Waals surface area contributed by atoms with Gasteiger partial charge in [0.15, 0.2) is 5.69 Å². The molecule has 0 aliphatic rings. The SMILES string of the molecule is CC(C)(C)Cc1c([N+](=O)[O-])nnn1C(=O)n1ccnn1. The molecule has 0 aliphatic carbocycles. The zero-order valence-corrected chi connectivity index (χ0v) is 11.2. The standard InChI is InChI=1S/C10H13N7O3/c1-10(2,3)6-7-8(17(19)20)12-14-16(7)9(18)15-5-4-11-13-15/h4-5H,6H2,1-3H3. The van der Waals surface area contributed by atoms with E-state index in [1.165, 1.54) is 12.4 Å². The van der Waals surface area contributed by atoms with Crippen molar-refractivity contribution in [2.24, 2.45) is 5.41 Å². The van der Waals surface area contributed by atoms with Crippen LogP contribution in [0.4, 0.5) is 10.6 Å². The molecular formula is C10H13N7O3. The molecule has 0 aliphatic heterocycles. The normalized spacial score (nSPS) is 11.6. The average molecular weight is 279 g/mol. The summed E-state index contributed by atoms with van der Waals surface area (Å²) in [5.41, 5.74) is -0.129. The van der Waals surface area contributed by atoms with Crippen LogP contribution in [0.25, 0.3) is 0 Å². The van der Waals surface area contributed by atoms with Crippen LogP contribution in [0, 0.1) is 15.5 Å². The van der Waals surface area contributed by atoms with Crippen molar-refractivity contribution in [3.63, 3.8) is 0 Å². The monoisotopic (exact) mass is 279 g/mol. The third kappa shape index (κ3) is 2.68. The molecule has 10 nitrogen and oxygen atoms in total. The quantitative estimate of drug-likeness (QED) is 0.590. The molecule has 0 aromatic carbocycles. The molecule has 0 saturated heterocycles. The maximum absolute atomic E-state index is 12.1. The number of nitro groups is 1. The van der Waals surface area contributed by atoms with Gasteiger partial charge >= 0.3 is 11.8 Å². The number of aromatic nitrogens is 6. The molecule has 106 valence electrons. The summed E-state index contributed by atoms with van der Waals surface area (Å²) in [7, 11) is 0. The molecule has 0 radical (unpaired) electrons. The van der Waals surface area contributed by atoms with Gasteiger partial charge in [-0.3, -0.25) is 0 Å². The lowest BCUT2D eigenvalue weighted by molar-refractivity contribution is -0.390. The summed E-state index contributed by atoms with van der Waals surface area (Å²) < 4.78 is 1.82. The van der Waals surface area contributed by atoms with E-state index in [0.717, 1.165) is 9.36 Å². The first-order valence-corrected chi connectivity index (χ1v) is 5.79. The van der Waals surface area contributed by atoms with Gasteiger partial charge in [-0.2, -0.15) is 4.68 Å². The van der Waals surface area contributed by atoms with Crippen LogP contribution in [-0.4, -0.2) is 40.9 Å². The predicted molar refractivity (Wildman–Crippen MR) is 66.0 cm³/mol. The molecule has 0 amide bonds. The highest BCUT2D eigenvalue weighted by molar-refractivity contribution is 5.78. The van der Waals surface area contributed by atoms with Crippen molar-refractivity contribution >= 4 is 11.8 Å². The smallest absolute Gasteiger partial charge is 0.358 e. The summed E-state index contributed by atoms with van der Waals surface area (Å²) in [6, 6.07) is -0.664. The first-order valence-electron chi connectivity index (χ1n) is 5.79. The van der Waals surface area contributed by atoms with E-state index in [1.54, 1.807) is 0 Å². The molecule has 2 aromatic rings. The molecule has 20 heavy (non-hydrogen) atoms. The molecule has 0 N–H and O–H groups in total. The minimum Gasteiger partial charge on any atom is -0.358 e.